The molecular formula is C17H30O4S2. The quantitative estimate of drug-likeness (QED) is 0.435. The molecule has 1 saturated heterocycles. The van der Waals surface area contributed by atoms with Crippen LogP contribution in [0.15, 0.2) is 24.3 Å². The molecule has 0 aromatic rings. The smallest absolute Gasteiger partial charge is 0.146 e. The highest BCUT2D eigenvalue weighted by Gasteiger charge is 2.23. The maximum atomic E-state index is 9.81. The van der Waals surface area contributed by atoms with E-state index in [0.717, 1.165) is 6.42 Å². The Hall–Kier alpha value is 0.0200. The van der Waals surface area contributed by atoms with E-state index in [2.05, 4.69) is 38.2 Å². The predicted molar refractivity (Wildman–Crippen MR) is 99.8 cm³/mol. The number of hydrogen-bond donors (Lipinski definition) is 2. The summed E-state index contributed by atoms with van der Waals surface area (Å²) in [6, 6.07) is 0. The largest absolute Gasteiger partial charge is 0.394 e. The third-order valence-corrected chi connectivity index (χ3v) is 6.59. The minimum Gasteiger partial charge on any atom is -0.394 e. The minimum absolute atomic E-state index is 0.00413. The summed E-state index contributed by atoms with van der Waals surface area (Å²) in [4.78, 5) is 0. The van der Waals surface area contributed by atoms with Crippen LogP contribution in [-0.4, -0.2) is 59.0 Å². The highest BCUT2D eigenvalue weighted by Crippen LogP contribution is 2.32. The van der Waals surface area contributed by atoms with Crippen molar-refractivity contribution in [2.75, 3.05) is 32.0 Å². The van der Waals surface area contributed by atoms with E-state index < -0.39 is 12.2 Å². The second-order valence-corrected chi connectivity index (χ2v) is 9.04. The molecule has 0 spiro atoms. The van der Waals surface area contributed by atoms with E-state index in [1.54, 1.807) is 7.11 Å². The first kappa shape index (κ1) is 21.1. The summed E-state index contributed by atoms with van der Waals surface area (Å²) in [5.74, 6) is 2.48. The standard InChI is InChI=1S/C17H30O4S2/c1-17(2,8-5-4-6-16-22-10-11-23-16)9-7-15(14(19)12-18)21-13-20-3/h4-6,8,14-16,18-19H,7,9-13H2,1-3H3/b6-4+,8-5+/t14-,15+/m1/s1. The molecule has 1 rings (SSSR count). The molecule has 0 aromatic heterocycles. The molecule has 0 bridgehead atoms. The van der Waals surface area contributed by atoms with Crippen LogP contribution in [0, 0.1) is 5.41 Å². The van der Waals surface area contributed by atoms with Crippen LogP contribution in [0.4, 0.5) is 0 Å². The molecule has 4 nitrogen and oxygen atoms in total. The van der Waals surface area contributed by atoms with Gasteiger partial charge in [0, 0.05) is 18.6 Å². The second kappa shape index (κ2) is 11.6. The molecular weight excluding hydrogens is 332 g/mol. The highest BCUT2D eigenvalue weighted by atomic mass is 32.2. The van der Waals surface area contributed by atoms with Gasteiger partial charge < -0.3 is 19.7 Å². The first-order chi connectivity index (χ1) is 11.0. The Morgan fingerprint density at radius 2 is 1.96 bits per heavy atom. The Morgan fingerprint density at radius 3 is 2.57 bits per heavy atom. The van der Waals surface area contributed by atoms with Gasteiger partial charge in [-0.15, -0.1) is 23.5 Å². The van der Waals surface area contributed by atoms with Crippen molar-refractivity contribution in [1.82, 2.24) is 0 Å². The van der Waals surface area contributed by atoms with Gasteiger partial charge in [-0.25, -0.2) is 0 Å². The van der Waals surface area contributed by atoms with Gasteiger partial charge in [-0.3, -0.25) is 0 Å². The molecule has 0 unspecified atom stereocenters. The number of rotatable bonds is 11. The normalized spacial score (nSPS) is 19.9. The van der Waals surface area contributed by atoms with Crippen LogP contribution < -0.4 is 0 Å². The van der Waals surface area contributed by atoms with Gasteiger partial charge in [0.25, 0.3) is 0 Å². The van der Waals surface area contributed by atoms with Gasteiger partial charge >= 0.3 is 0 Å². The van der Waals surface area contributed by atoms with Crippen molar-refractivity contribution >= 4 is 23.5 Å². The number of hydrogen-bond acceptors (Lipinski definition) is 6. The molecule has 2 atom stereocenters. The van der Waals surface area contributed by atoms with Gasteiger partial charge in [-0.05, 0) is 18.3 Å². The lowest BCUT2D eigenvalue weighted by atomic mass is 9.85. The number of methoxy groups -OCH3 is 1. The number of thioether (sulfide) groups is 2. The number of aliphatic hydroxyl groups excluding tert-OH is 2. The summed E-state index contributed by atoms with van der Waals surface area (Å²) >= 11 is 3.98. The average molecular weight is 363 g/mol. The zero-order valence-electron chi connectivity index (χ0n) is 14.3. The highest BCUT2D eigenvalue weighted by molar-refractivity contribution is 8.20. The topological polar surface area (TPSA) is 58.9 Å². The Labute approximate surface area is 148 Å². The van der Waals surface area contributed by atoms with Crippen molar-refractivity contribution in [2.24, 2.45) is 5.41 Å². The van der Waals surface area contributed by atoms with Crippen LogP contribution in [0.2, 0.25) is 0 Å². The molecule has 23 heavy (non-hydrogen) atoms. The molecule has 134 valence electrons. The lowest BCUT2D eigenvalue weighted by Crippen LogP contribution is -2.33. The van der Waals surface area contributed by atoms with Crippen molar-refractivity contribution in [3.63, 3.8) is 0 Å². The SMILES string of the molecule is COCO[C@@H](CCC(C)(C)/C=C/C=C/C1SCCS1)[C@H](O)CO. The summed E-state index contributed by atoms with van der Waals surface area (Å²) in [6.45, 7) is 4.14. The second-order valence-electron chi connectivity index (χ2n) is 6.24. The first-order valence-electron chi connectivity index (χ1n) is 7.97. The van der Waals surface area contributed by atoms with Gasteiger partial charge in [0.15, 0.2) is 0 Å². The van der Waals surface area contributed by atoms with Gasteiger partial charge in [0.05, 0.1) is 17.3 Å². The van der Waals surface area contributed by atoms with Crippen molar-refractivity contribution in [3.8, 4) is 0 Å². The van der Waals surface area contributed by atoms with Crippen LogP contribution >= 0.6 is 23.5 Å². The Morgan fingerprint density at radius 1 is 1.26 bits per heavy atom. The molecule has 1 aliphatic rings. The van der Waals surface area contributed by atoms with Gasteiger partial charge in [0.2, 0.25) is 0 Å². The van der Waals surface area contributed by atoms with Crippen molar-refractivity contribution < 1.29 is 19.7 Å². The summed E-state index contributed by atoms with van der Waals surface area (Å²) in [5.41, 5.74) is 0.00413. The van der Waals surface area contributed by atoms with Crippen LogP contribution in [0.3, 0.4) is 0 Å². The molecule has 0 aromatic carbocycles. The van der Waals surface area contributed by atoms with Crippen LogP contribution in [-0.2, 0) is 9.47 Å². The average Bonchev–Trinajstić information content (AvgIpc) is 3.04. The predicted octanol–water partition coefficient (Wildman–Crippen LogP) is 3.05. The zero-order chi connectivity index (χ0) is 17.1. The third kappa shape index (κ3) is 9.17. The van der Waals surface area contributed by atoms with Crippen LogP contribution in [0.5, 0.6) is 0 Å². The summed E-state index contributed by atoms with van der Waals surface area (Å²) in [6.07, 6.45) is 8.90. The first-order valence-corrected chi connectivity index (χ1v) is 10.1. The molecule has 0 amide bonds. The minimum atomic E-state index is -0.874. The van der Waals surface area contributed by atoms with E-state index in [0.29, 0.717) is 11.0 Å². The third-order valence-electron chi connectivity index (χ3n) is 3.66. The fourth-order valence-corrected chi connectivity index (χ4v) is 4.82. The maximum absolute atomic E-state index is 9.81. The molecule has 0 saturated carbocycles. The number of allylic oxidation sites excluding steroid dienone is 3. The molecule has 0 aliphatic carbocycles. The van der Waals surface area contributed by atoms with Crippen LogP contribution in [0.25, 0.3) is 0 Å². The van der Waals surface area contributed by atoms with E-state index in [1.807, 2.05) is 23.5 Å². The van der Waals surface area contributed by atoms with Crippen molar-refractivity contribution in [2.45, 2.75) is 43.5 Å². The molecule has 1 heterocycles. The van der Waals surface area contributed by atoms with Gasteiger partial charge in [-0.1, -0.05) is 38.2 Å². The lowest BCUT2D eigenvalue weighted by molar-refractivity contribution is -0.125. The van der Waals surface area contributed by atoms with E-state index in [1.165, 1.54) is 11.5 Å². The number of aliphatic hydroxyl groups is 2. The van der Waals surface area contributed by atoms with E-state index >= 15 is 0 Å². The molecule has 1 aliphatic heterocycles. The van der Waals surface area contributed by atoms with Gasteiger partial charge in [0.1, 0.15) is 12.9 Å². The van der Waals surface area contributed by atoms with E-state index in [-0.39, 0.29) is 18.8 Å². The Kier molecular flexibility index (Phi) is 10.6. The Balaban J connectivity index is 2.41. The fraction of sp³-hybridized carbons (Fsp3) is 0.765. The Bertz CT molecular complexity index is 366. The zero-order valence-corrected chi connectivity index (χ0v) is 15.9. The van der Waals surface area contributed by atoms with Crippen molar-refractivity contribution in [3.05, 3.63) is 24.3 Å². The van der Waals surface area contributed by atoms with Crippen molar-refractivity contribution in [1.29, 1.82) is 0 Å². The summed E-state index contributed by atoms with van der Waals surface area (Å²) in [7, 11) is 1.54. The fourth-order valence-electron chi connectivity index (χ4n) is 2.22. The monoisotopic (exact) mass is 362 g/mol. The molecule has 1 fully saturated rings. The lowest BCUT2D eigenvalue weighted by Gasteiger charge is -2.26. The number of ether oxygens (including phenoxy) is 2. The summed E-state index contributed by atoms with van der Waals surface area (Å²) in [5, 5.41) is 18.9. The maximum Gasteiger partial charge on any atom is 0.146 e. The molecule has 2 N–H and O–H groups in total. The molecule has 0 radical (unpaired) electrons. The van der Waals surface area contributed by atoms with Gasteiger partial charge in [-0.2, -0.15) is 0 Å². The van der Waals surface area contributed by atoms with E-state index in [4.69, 9.17) is 14.6 Å². The summed E-state index contributed by atoms with van der Waals surface area (Å²) < 4.78 is 10.9. The molecule has 6 heteroatoms. The van der Waals surface area contributed by atoms with Crippen LogP contribution in [0.1, 0.15) is 26.7 Å². The van der Waals surface area contributed by atoms with E-state index in [9.17, 15) is 5.11 Å².